The summed E-state index contributed by atoms with van der Waals surface area (Å²) < 4.78 is 13.0. The van der Waals surface area contributed by atoms with E-state index in [1.54, 1.807) is 24.0 Å². The lowest BCUT2D eigenvalue weighted by Crippen LogP contribution is -2.50. The maximum Gasteiger partial charge on any atom is 0.253 e. The van der Waals surface area contributed by atoms with Gasteiger partial charge < -0.3 is 10.0 Å². The van der Waals surface area contributed by atoms with E-state index in [1.807, 2.05) is 13.8 Å². The molecule has 0 spiro atoms. The SMILES string of the molecule is CC.CC1=C(O)CC(C(C)(C)C)N(Cc2ccc(F)cc2)C1=O. The number of hydrogen-bond acceptors (Lipinski definition) is 2. The van der Waals surface area contributed by atoms with E-state index in [0.717, 1.165) is 5.56 Å². The fourth-order valence-corrected chi connectivity index (χ4v) is 2.67. The van der Waals surface area contributed by atoms with E-state index in [2.05, 4.69) is 20.8 Å². The molecule has 0 bridgehead atoms. The first-order valence-corrected chi connectivity index (χ1v) is 8.14. The summed E-state index contributed by atoms with van der Waals surface area (Å²) in [6, 6.07) is 6.09. The van der Waals surface area contributed by atoms with Gasteiger partial charge in [-0.25, -0.2) is 4.39 Å². The number of halogens is 1. The quantitative estimate of drug-likeness (QED) is 0.847. The topological polar surface area (TPSA) is 40.5 Å². The summed E-state index contributed by atoms with van der Waals surface area (Å²) in [4.78, 5) is 14.3. The first-order chi connectivity index (χ1) is 10.7. The highest BCUT2D eigenvalue weighted by atomic mass is 19.1. The molecule has 0 aliphatic carbocycles. The second kappa shape index (κ2) is 7.62. The van der Waals surface area contributed by atoms with E-state index < -0.39 is 0 Å². The minimum atomic E-state index is -0.287. The summed E-state index contributed by atoms with van der Waals surface area (Å²) in [5, 5.41) is 9.98. The van der Waals surface area contributed by atoms with E-state index in [0.29, 0.717) is 18.5 Å². The number of benzene rings is 1. The van der Waals surface area contributed by atoms with Gasteiger partial charge in [0.1, 0.15) is 11.6 Å². The Bertz CT molecular complexity index is 570. The number of carbonyl (C=O) groups is 1. The minimum Gasteiger partial charge on any atom is -0.512 e. The molecule has 0 radical (unpaired) electrons. The summed E-state index contributed by atoms with van der Waals surface area (Å²) in [5.74, 6) is -0.261. The number of amides is 1. The summed E-state index contributed by atoms with van der Waals surface area (Å²) >= 11 is 0. The van der Waals surface area contributed by atoms with Crippen LogP contribution >= 0.6 is 0 Å². The Morgan fingerprint density at radius 1 is 1.22 bits per heavy atom. The Balaban J connectivity index is 0.00000127. The van der Waals surface area contributed by atoms with Crippen LogP contribution in [0.2, 0.25) is 0 Å². The van der Waals surface area contributed by atoms with Crippen LogP contribution in [0.15, 0.2) is 35.6 Å². The van der Waals surface area contributed by atoms with Crippen LogP contribution in [0.1, 0.15) is 53.5 Å². The van der Waals surface area contributed by atoms with E-state index in [1.165, 1.54) is 12.1 Å². The molecule has 2 rings (SSSR count). The molecule has 1 unspecified atom stereocenters. The van der Waals surface area contributed by atoms with Crippen LogP contribution in [0.5, 0.6) is 0 Å². The van der Waals surface area contributed by atoms with Crippen LogP contribution in [0.3, 0.4) is 0 Å². The van der Waals surface area contributed by atoms with E-state index >= 15 is 0 Å². The zero-order chi connectivity index (χ0) is 17.8. The predicted octanol–water partition coefficient (Wildman–Crippen LogP) is 4.83. The third-order valence-electron chi connectivity index (χ3n) is 4.04. The maximum atomic E-state index is 13.0. The first kappa shape index (κ1) is 19.2. The third-order valence-corrected chi connectivity index (χ3v) is 4.04. The van der Waals surface area contributed by atoms with Crippen molar-refractivity contribution < 1.29 is 14.3 Å². The van der Waals surface area contributed by atoms with E-state index in [4.69, 9.17) is 0 Å². The summed E-state index contributed by atoms with van der Waals surface area (Å²) in [5.41, 5.74) is 1.13. The highest BCUT2D eigenvalue weighted by molar-refractivity contribution is 5.94. The molecule has 1 N–H and O–H groups in total. The van der Waals surface area contributed by atoms with Gasteiger partial charge in [-0.3, -0.25) is 4.79 Å². The Morgan fingerprint density at radius 2 is 1.74 bits per heavy atom. The smallest absolute Gasteiger partial charge is 0.253 e. The number of hydrogen-bond donors (Lipinski definition) is 1. The van der Waals surface area contributed by atoms with Gasteiger partial charge >= 0.3 is 0 Å². The lowest BCUT2D eigenvalue weighted by molar-refractivity contribution is -0.134. The average Bonchev–Trinajstić information content (AvgIpc) is 2.50. The standard InChI is InChI=1S/C17H22FNO2.C2H6/c1-11-14(20)9-15(17(2,3)4)19(16(11)21)10-12-5-7-13(18)8-6-12;1-2/h5-8,15,20H,9-10H2,1-4H3;1-2H3. The highest BCUT2D eigenvalue weighted by Gasteiger charge is 2.38. The van der Waals surface area contributed by atoms with Crippen molar-refractivity contribution in [3.05, 3.63) is 47.0 Å². The van der Waals surface area contributed by atoms with Crippen molar-refractivity contribution >= 4 is 5.91 Å². The van der Waals surface area contributed by atoms with Crippen molar-refractivity contribution in [2.24, 2.45) is 5.41 Å². The van der Waals surface area contributed by atoms with Crippen molar-refractivity contribution in [1.29, 1.82) is 0 Å². The molecule has 0 fully saturated rings. The molecule has 1 atom stereocenters. The lowest BCUT2D eigenvalue weighted by atomic mass is 9.80. The average molecular weight is 321 g/mol. The monoisotopic (exact) mass is 321 g/mol. The van der Waals surface area contributed by atoms with Gasteiger partial charge in [-0.15, -0.1) is 0 Å². The molecule has 128 valence electrons. The second-order valence-electron chi connectivity index (χ2n) is 6.72. The van der Waals surface area contributed by atoms with Crippen LogP contribution < -0.4 is 0 Å². The molecular weight excluding hydrogens is 293 g/mol. The number of aliphatic hydroxyl groups is 1. The van der Waals surface area contributed by atoms with Gasteiger partial charge in [0.15, 0.2) is 0 Å². The van der Waals surface area contributed by atoms with E-state index in [9.17, 15) is 14.3 Å². The Labute approximate surface area is 138 Å². The normalized spacial score (nSPS) is 18.7. The van der Waals surface area contributed by atoms with Gasteiger partial charge in [-0.05, 0) is 30.0 Å². The number of aliphatic hydroxyl groups excluding tert-OH is 1. The van der Waals surface area contributed by atoms with Crippen molar-refractivity contribution in [2.75, 3.05) is 0 Å². The molecule has 1 aliphatic heterocycles. The first-order valence-electron chi connectivity index (χ1n) is 8.14. The Morgan fingerprint density at radius 3 is 2.22 bits per heavy atom. The fourth-order valence-electron chi connectivity index (χ4n) is 2.67. The molecule has 0 saturated carbocycles. The number of rotatable bonds is 2. The van der Waals surface area contributed by atoms with Crippen molar-refractivity contribution in [2.45, 2.75) is 60.5 Å². The molecule has 1 aromatic carbocycles. The summed E-state index contributed by atoms with van der Waals surface area (Å²) in [6.45, 7) is 12.2. The molecule has 3 nitrogen and oxygen atoms in total. The van der Waals surface area contributed by atoms with Gasteiger partial charge in [-0.1, -0.05) is 46.8 Å². The third kappa shape index (κ3) is 4.57. The largest absolute Gasteiger partial charge is 0.512 e. The van der Waals surface area contributed by atoms with Gasteiger partial charge in [0.25, 0.3) is 5.91 Å². The fraction of sp³-hybridized carbons (Fsp3) is 0.526. The van der Waals surface area contributed by atoms with E-state index in [-0.39, 0.29) is 28.9 Å². The molecule has 4 heteroatoms. The molecule has 1 aliphatic rings. The molecule has 0 aromatic heterocycles. The zero-order valence-corrected chi connectivity index (χ0v) is 15.0. The lowest BCUT2D eigenvalue weighted by Gasteiger charge is -2.43. The second-order valence-corrected chi connectivity index (χ2v) is 6.72. The van der Waals surface area contributed by atoms with Crippen molar-refractivity contribution in [1.82, 2.24) is 4.90 Å². The van der Waals surface area contributed by atoms with Gasteiger partial charge in [0, 0.05) is 19.0 Å². The minimum absolute atomic E-state index is 0.0845. The van der Waals surface area contributed by atoms with Crippen molar-refractivity contribution in [3.8, 4) is 0 Å². The van der Waals surface area contributed by atoms with Crippen LogP contribution in [0, 0.1) is 11.2 Å². The molecule has 1 amide bonds. The molecular formula is C19H28FNO2. The zero-order valence-electron chi connectivity index (χ0n) is 15.0. The number of nitrogens with zero attached hydrogens (tertiary/aromatic N) is 1. The van der Waals surface area contributed by atoms with Crippen LogP contribution in [0.4, 0.5) is 4.39 Å². The summed E-state index contributed by atoms with van der Waals surface area (Å²) in [7, 11) is 0. The maximum absolute atomic E-state index is 13.0. The molecule has 1 aromatic rings. The van der Waals surface area contributed by atoms with Crippen LogP contribution in [-0.4, -0.2) is 22.0 Å². The Hall–Kier alpha value is -1.84. The Kier molecular flexibility index (Phi) is 6.37. The molecule has 0 saturated heterocycles. The van der Waals surface area contributed by atoms with Gasteiger partial charge in [0.05, 0.1) is 5.57 Å². The predicted molar refractivity (Wildman–Crippen MR) is 91.5 cm³/mol. The van der Waals surface area contributed by atoms with Gasteiger partial charge in [0.2, 0.25) is 0 Å². The molecule has 23 heavy (non-hydrogen) atoms. The number of carbonyl (C=O) groups excluding carboxylic acids is 1. The highest BCUT2D eigenvalue weighted by Crippen LogP contribution is 2.35. The van der Waals surface area contributed by atoms with Crippen molar-refractivity contribution in [3.63, 3.8) is 0 Å². The van der Waals surface area contributed by atoms with Gasteiger partial charge in [-0.2, -0.15) is 0 Å². The van der Waals surface area contributed by atoms with Crippen LogP contribution in [0.25, 0.3) is 0 Å². The van der Waals surface area contributed by atoms with Crippen LogP contribution in [-0.2, 0) is 11.3 Å². The molecule has 1 heterocycles. The summed E-state index contributed by atoms with van der Waals surface area (Å²) in [6.07, 6.45) is 0.461.